The van der Waals surface area contributed by atoms with Gasteiger partial charge < -0.3 is 14.8 Å². The highest BCUT2D eigenvalue weighted by atomic mass is 32.2. The Hall–Kier alpha value is -2.62. The fraction of sp³-hybridized carbons (Fsp3) is 0.409. The molecule has 0 aliphatic rings. The van der Waals surface area contributed by atoms with Gasteiger partial charge in [-0.2, -0.15) is 0 Å². The second-order valence-corrected chi connectivity index (χ2v) is 9.62. The monoisotopic (exact) mass is 449 g/mol. The first-order chi connectivity index (χ1) is 14.5. The summed E-state index contributed by atoms with van der Waals surface area (Å²) >= 11 is 0. The molecule has 0 aliphatic heterocycles. The number of methoxy groups -OCH3 is 2. The minimum absolute atomic E-state index is 0.119. The molecule has 31 heavy (non-hydrogen) atoms. The predicted molar refractivity (Wildman–Crippen MR) is 121 cm³/mol. The van der Waals surface area contributed by atoms with Gasteiger partial charge in [0.2, 0.25) is 15.9 Å². The van der Waals surface area contributed by atoms with Crippen LogP contribution in [-0.2, 0) is 14.8 Å². The maximum Gasteiger partial charge on any atom is 0.242 e. The lowest BCUT2D eigenvalue weighted by Gasteiger charge is -2.22. The van der Waals surface area contributed by atoms with E-state index in [1.807, 2.05) is 32.0 Å². The summed E-state index contributed by atoms with van der Waals surface area (Å²) in [5.74, 6) is 1.10. The SMILES string of the molecule is COc1ccc(OC)c(C(C)NC(C)C(=O)Nc2cc(S(=O)(=O)N(C)C)ccc2C)c1. The van der Waals surface area contributed by atoms with E-state index in [4.69, 9.17) is 9.47 Å². The molecule has 2 aromatic carbocycles. The normalized spacial score (nSPS) is 13.5. The van der Waals surface area contributed by atoms with Crippen LogP contribution in [0.5, 0.6) is 11.5 Å². The molecule has 0 spiro atoms. The number of anilines is 1. The van der Waals surface area contributed by atoms with Gasteiger partial charge in [-0.25, -0.2) is 12.7 Å². The number of benzene rings is 2. The first kappa shape index (κ1) is 24.6. The van der Waals surface area contributed by atoms with Crippen LogP contribution < -0.4 is 20.1 Å². The first-order valence-electron chi connectivity index (χ1n) is 9.83. The maximum atomic E-state index is 12.8. The molecule has 2 unspecified atom stereocenters. The largest absolute Gasteiger partial charge is 0.497 e. The van der Waals surface area contributed by atoms with Crippen molar-refractivity contribution in [1.29, 1.82) is 0 Å². The van der Waals surface area contributed by atoms with Gasteiger partial charge in [0.15, 0.2) is 0 Å². The Morgan fingerprint density at radius 3 is 2.29 bits per heavy atom. The van der Waals surface area contributed by atoms with Crippen molar-refractivity contribution < 1.29 is 22.7 Å². The van der Waals surface area contributed by atoms with Gasteiger partial charge in [0.25, 0.3) is 0 Å². The Kier molecular flexibility index (Phi) is 8.05. The molecule has 0 saturated heterocycles. The van der Waals surface area contributed by atoms with E-state index in [0.29, 0.717) is 17.2 Å². The highest BCUT2D eigenvalue weighted by Crippen LogP contribution is 2.29. The number of hydrogen-bond acceptors (Lipinski definition) is 6. The Bertz CT molecular complexity index is 1040. The third kappa shape index (κ3) is 5.75. The van der Waals surface area contributed by atoms with Crippen molar-refractivity contribution in [3.05, 3.63) is 47.5 Å². The Balaban J connectivity index is 2.18. The van der Waals surface area contributed by atoms with Gasteiger partial charge in [-0.3, -0.25) is 10.1 Å². The topological polar surface area (TPSA) is 97.0 Å². The molecule has 0 radical (unpaired) electrons. The van der Waals surface area contributed by atoms with Gasteiger partial charge in [-0.05, 0) is 56.7 Å². The molecular weight excluding hydrogens is 418 g/mol. The van der Waals surface area contributed by atoms with Gasteiger partial charge in [0.1, 0.15) is 11.5 Å². The number of carbonyl (C=O) groups excluding carboxylic acids is 1. The van der Waals surface area contributed by atoms with Gasteiger partial charge in [0.05, 0.1) is 25.2 Å². The average Bonchev–Trinajstić information content (AvgIpc) is 2.74. The number of rotatable bonds is 9. The van der Waals surface area contributed by atoms with Crippen molar-refractivity contribution in [3.63, 3.8) is 0 Å². The van der Waals surface area contributed by atoms with E-state index in [1.54, 1.807) is 27.2 Å². The first-order valence-corrected chi connectivity index (χ1v) is 11.3. The molecule has 0 saturated carbocycles. The van der Waals surface area contributed by atoms with Crippen LogP contribution in [0.3, 0.4) is 0 Å². The summed E-state index contributed by atoms with van der Waals surface area (Å²) in [6, 6.07) is 9.41. The molecule has 170 valence electrons. The molecule has 2 aromatic rings. The van der Waals surface area contributed by atoms with E-state index < -0.39 is 16.1 Å². The van der Waals surface area contributed by atoms with Crippen LogP contribution in [0.2, 0.25) is 0 Å². The maximum absolute atomic E-state index is 12.8. The van der Waals surface area contributed by atoms with Crippen LogP contribution in [0.15, 0.2) is 41.3 Å². The highest BCUT2D eigenvalue weighted by Gasteiger charge is 2.22. The lowest BCUT2D eigenvalue weighted by Crippen LogP contribution is -2.39. The zero-order valence-corrected chi connectivity index (χ0v) is 19.8. The summed E-state index contributed by atoms with van der Waals surface area (Å²) < 4.78 is 36.7. The number of carbonyl (C=O) groups is 1. The minimum atomic E-state index is -3.60. The fourth-order valence-electron chi connectivity index (χ4n) is 3.07. The van der Waals surface area contributed by atoms with Crippen molar-refractivity contribution in [2.45, 2.75) is 37.8 Å². The van der Waals surface area contributed by atoms with Gasteiger partial charge in [-0.15, -0.1) is 0 Å². The summed E-state index contributed by atoms with van der Waals surface area (Å²) in [6.45, 7) is 5.48. The number of ether oxygens (including phenoxy) is 2. The van der Waals surface area contributed by atoms with Gasteiger partial charge in [0, 0.05) is 31.4 Å². The predicted octanol–water partition coefficient (Wildman–Crippen LogP) is 2.94. The molecule has 0 aromatic heterocycles. The summed E-state index contributed by atoms with van der Waals surface area (Å²) in [6.07, 6.45) is 0. The molecule has 9 heteroatoms. The zero-order chi connectivity index (χ0) is 23.3. The molecule has 0 heterocycles. The van der Waals surface area contributed by atoms with E-state index in [2.05, 4.69) is 10.6 Å². The average molecular weight is 450 g/mol. The third-order valence-corrected chi connectivity index (χ3v) is 6.85. The quantitative estimate of drug-likeness (QED) is 0.611. The second-order valence-electron chi connectivity index (χ2n) is 7.47. The van der Waals surface area contributed by atoms with Crippen molar-refractivity contribution in [2.75, 3.05) is 33.6 Å². The van der Waals surface area contributed by atoms with Crippen molar-refractivity contribution in [1.82, 2.24) is 9.62 Å². The zero-order valence-electron chi connectivity index (χ0n) is 19.0. The minimum Gasteiger partial charge on any atom is -0.497 e. The smallest absolute Gasteiger partial charge is 0.242 e. The van der Waals surface area contributed by atoms with E-state index in [9.17, 15) is 13.2 Å². The summed E-state index contributed by atoms with van der Waals surface area (Å²) in [7, 11) is 2.51. The number of nitrogens with zero attached hydrogens (tertiary/aromatic N) is 1. The van der Waals surface area contributed by atoms with Crippen LogP contribution in [-0.4, -0.2) is 53.0 Å². The molecule has 8 nitrogen and oxygen atoms in total. The Morgan fingerprint density at radius 2 is 1.71 bits per heavy atom. The lowest BCUT2D eigenvalue weighted by atomic mass is 10.1. The Labute approximate surface area is 184 Å². The molecule has 0 bridgehead atoms. The van der Waals surface area contributed by atoms with Crippen molar-refractivity contribution in [3.8, 4) is 11.5 Å². The van der Waals surface area contributed by atoms with Crippen LogP contribution in [0, 0.1) is 6.92 Å². The summed E-state index contributed by atoms with van der Waals surface area (Å²) in [4.78, 5) is 12.9. The number of sulfonamides is 1. The molecule has 2 rings (SSSR count). The standard InChI is InChI=1S/C22H31N3O5S/c1-14-8-10-18(31(27,28)25(4)5)13-20(14)24-22(26)16(3)23-15(2)19-12-17(29-6)9-11-21(19)30-7/h8-13,15-16,23H,1-7H3,(H,24,26). The van der Waals surface area contributed by atoms with Crippen LogP contribution in [0.4, 0.5) is 5.69 Å². The van der Waals surface area contributed by atoms with Crippen LogP contribution >= 0.6 is 0 Å². The molecule has 2 N–H and O–H groups in total. The van der Waals surface area contributed by atoms with Gasteiger partial charge in [-0.1, -0.05) is 6.07 Å². The number of aryl methyl sites for hydroxylation is 1. The second kappa shape index (κ2) is 10.1. The third-order valence-electron chi connectivity index (χ3n) is 5.04. The van der Waals surface area contributed by atoms with Crippen molar-refractivity contribution in [2.24, 2.45) is 0 Å². The van der Waals surface area contributed by atoms with Gasteiger partial charge >= 0.3 is 0 Å². The molecule has 0 fully saturated rings. The van der Waals surface area contributed by atoms with E-state index in [0.717, 1.165) is 15.4 Å². The highest BCUT2D eigenvalue weighted by molar-refractivity contribution is 7.89. The summed E-state index contributed by atoms with van der Waals surface area (Å²) in [5, 5.41) is 6.08. The van der Waals surface area contributed by atoms with E-state index in [-0.39, 0.29) is 16.8 Å². The van der Waals surface area contributed by atoms with Crippen LogP contribution in [0.1, 0.15) is 31.0 Å². The fourth-order valence-corrected chi connectivity index (χ4v) is 3.99. The van der Waals surface area contributed by atoms with E-state index in [1.165, 1.54) is 26.2 Å². The molecule has 2 atom stereocenters. The Morgan fingerprint density at radius 1 is 1.03 bits per heavy atom. The van der Waals surface area contributed by atoms with E-state index >= 15 is 0 Å². The van der Waals surface area contributed by atoms with Crippen LogP contribution in [0.25, 0.3) is 0 Å². The lowest BCUT2D eigenvalue weighted by molar-refractivity contribution is -0.117. The molecule has 0 aliphatic carbocycles. The molecule has 1 amide bonds. The summed E-state index contributed by atoms with van der Waals surface area (Å²) in [5.41, 5.74) is 2.07. The number of hydrogen-bond donors (Lipinski definition) is 2. The molecular formula is C22H31N3O5S. The van der Waals surface area contributed by atoms with Crippen molar-refractivity contribution >= 4 is 21.6 Å². The number of nitrogens with one attached hydrogen (secondary N) is 2. The number of amides is 1.